The van der Waals surface area contributed by atoms with E-state index >= 15 is 0 Å². The van der Waals surface area contributed by atoms with Crippen LogP contribution in [0.4, 0.5) is 0 Å². The first-order chi connectivity index (χ1) is 12.2. The van der Waals surface area contributed by atoms with Crippen molar-refractivity contribution in [1.82, 2.24) is 15.1 Å². The van der Waals surface area contributed by atoms with Crippen LogP contribution in [0, 0.1) is 0 Å². The number of thiocarbonyl (C=S) groups is 1. The maximum atomic E-state index is 5.50. The van der Waals surface area contributed by atoms with Gasteiger partial charge in [0.15, 0.2) is 5.11 Å². The minimum Gasteiger partial charge on any atom is -0.497 e. The van der Waals surface area contributed by atoms with E-state index in [0.717, 1.165) is 68.0 Å². The van der Waals surface area contributed by atoms with Crippen molar-refractivity contribution in [3.8, 4) is 11.5 Å². The third-order valence-electron chi connectivity index (χ3n) is 4.36. The van der Waals surface area contributed by atoms with Gasteiger partial charge in [0.25, 0.3) is 0 Å². The Labute approximate surface area is 156 Å². The van der Waals surface area contributed by atoms with Crippen LogP contribution in [-0.4, -0.2) is 75.6 Å². The lowest BCUT2D eigenvalue weighted by Crippen LogP contribution is -2.41. The van der Waals surface area contributed by atoms with E-state index in [-0.39, 0.29) is 0 Å². The summed E-state index contributed by atoms with van der Waals surface area (Å²) >= 11 is 5.50. The second kappa shape index (κ2) is 10.4. The van der Waals surface area contributed by atoms with Crippen LogP contribution < -0.4 is 14.8 Å². The standard InChI is InChI=1S/C18H29N3O3S/c1-19-18(25)21(8-4-7-20-9-11-24-12-10-20)14-15-13-16(22-2)5-6-17(15)23-3/h5-6,13H,4,7-12,14H2,1-3H3,(H,19,25). The van der Waals surface area contributed by atoms with Gasteiger partial charge in [0.05, 0.1) is 27.4 Å². The normalized spacial score (nSPS) is 14.8. The summed E-state index contributed by atoms with van der Waals surface area (Å²) in [5, 5.41) is 3.83. The third kappa shape index (κ3) is 6.02. The van der Waals surface area contributed by atoms with E-state index < -0.39 is 0 Å². The fourth-order valence-electron chi connectivity index (χ4n) is 2.93. The average molecular weight is 368 g/mol. The number of methoxy groups -OCH3 is 2. The minimum atomic E-state index is 0.684. The van der Waals surface area contributed by atoms with Gasteiger partial charge in [-0.25, -0.2) is 0 Å². The second-order valence-electron chi connectivity index (χ2n) is 5.96. The Bertz CT molecular complexity index is 550. The molecule has 1 heterocycles. The van der Waals surface area contributed by atoms with Crippen LogP contribution in [0.25, 0.3) is 0 Å². The van der Waals surface area contributed by atoms with Crippen LogP contribution >= 0.6 is 12.2 Å². The number of nitrogens with zero attached hydrogens (tertiary/aromatic N) is 2. The predicted molar refractivity (Wildman–Crippen MR) is 103 cm³/mol. The predicted octanol–water partition coefficient (Wildman–Crippen LogP) is 1.73. The summed E-state index contributed by atoms with van der Waals surface area (Å²) in [5.41, 5.74) is 1.06. The van der Waals surface area contributed by atoms with Crippen LogP contribution in [0.5, 0.6) is 11.5 Å². The van der Waals surface area contributed by atoms with E-state index in [1.807, 2.05) is 25.2 Å². The molecule has 0 aliphatic carbocycles. The summed E-state index contributed by atoms with van der Waals surface area (Å²) in [7, 11) is 5.22. The SMILES string of the molecule is CNC(=S)N(CCCN1CCOCC1)Cc1cc(OC)ccc1OC. The molecule has 1 aliphatic rings. The molecule has 1 aromatic rings. The molecule has 0 aromatic heterocycles. The van der Waals surface area contributed by atoms with Gasteiger partial charge in [-0.3, -0.25) is 4.90 Å². The Morgan fingerprint density at radius 3 is 2.68 bits per heavy atom. The topological polar surface area (TPSA) is 46.2 Å². The quantitative estimate of drug-likeness (QED) is 0.702. The number of hydrogen-bond donors (Lipinski definition) is 1. The molecule has 1 aromatic carbocycles. The van der Waals surface area contributed by atoms with Crippen molar-refractivity contribution in [2.45, 2.75) is 13.0 Å². The molecule has 1 fully saturated rings. The molecule has 0 saturated carbocycles. The van der Waals surface area contributed by atoms with Gasteiger partial charge in [0.2, 0.25) is 0 Å². The Morgan fingerprint density at radius 2 is 2.04 bits per heavy atom. The van der Waals surface area contributed by atoms with Crippen molar-refractivity contribution in [2.24, 2.45) is 0 Å². The zero-order valence-electron chi connectivity index (χ0n) is 15.4. The molecule has 0 bridgehead atoms. The number of benzene rings is 1. The molecule has 0 spiro atoms. The number of nitrogens with one attached hydrogen (secondary N) is 1. The van der Waals surface area contributed by atoms with Crippen molar-refractivity contribution in [3.05, 3.63) is 23.8 Å². The number of rotatable bonds is 8. The Hall–Kier alpha value is -1.57. The molecule has 140 valence electrons. The second-order valence-corrected chi connectivity index (χ2v) is 6.35. The van der Waals surface area contributed by atoms with Crippen molar-refractivity contribution in [2.75, 3.05) is 60.7 Å². The van der Waals surface area contributed by atoms with Crippen molar-refractivity contribution >= 4 is 17.3 Å². The van der Waals surface area contributed by atoms with Crippen molar-refractivity contribution in [3.63, 3.8) is 0 Å². The first-order valence-corrected chi connectivity index (χ1v) is 9.06. The summed E-state index contributed by atoms with van der Waals surface area (Å²) in [6, 6.07) is 5.84. The maximum absolute atomic E-state index is 5.50. The van der Waals surface area contributed by atoms with Gasteiger partial charge in [-0.15, -0.1) is 0 Å². The Balaban J connectivity index is 1.98. The van der Waals surface area contributed by atoms with Crippen LogP contribution in [0.1, 0.15) is 12.0 Å². The summed E-state index contributed by atoms with van der Waals surface area (Å²) < 4.78 is 16.2. The molecule has 0 unspecified atom stereocenters. The number of hydrogen-bond acceptors (Lipinski definition) is 5. The van der Waals surface area contributed by atoms with E-state index in [9.17, 15) is 0 Å². The summed E-state index contributed by atoms with van der Waals surface area (Å²) in [5.74, 6) is 1.66. The molecular formula is C18H29N3O3S. The van der Waals surface area contributed by atoms with Crippen molar-refractivity contribution < 1.29 is 14.2 Å². The lowest BCUT2D eigenvalue weighted by Gasteiger charge is -2.29. The lowest BCUT2D eigenvalue weighted by atomic mass is 10.1. The zero-order valence-corrected chi connectivity index (χ0v) is 16.2. The highest BCUT2D eigenvalue weighted by Gasteiger charge is 2.15. The van der Waals surface area contributed by atoms with Gasteiger partial charge in [0, 0.05) is 45.3 Å². The monoisotopic (exact) mass is 367 g/mol. The molecular weight excluding hydrogens is 338 g/mol. The summed E-state index contributed by atoms with van der Waals surface area (Å²) in [4.78, 5) is 4.61. The van der Waals surface area contributed by atoms with Crippen LogP contribution in [-0.2, 0) is 11.3 Å². The zero-order chi connectivity index (χ0) is 18.1. The first-order valence-electron chi connectivity index (χ1n) is 8.65. The largest absolute Gasteiger partial charge is 0.497 e. The van der Waals surface area contributed by atoms with Gasteiger partial charge in [0.1, 0.15) is 11.5 Å². The van der Waals surface area contributed by atoms with E-state index in [1.165, 1.54) is 0 Å². The summed E-state index contributed by atoms with van der Waals surface area (Å²) in [6.07, 6.45) is 1.05. The molecule has 0 atom stereocenters. The van der Waals surface area contributed by atoms with E-state index in [2.05, 4.69) is 15.1 Å². The Kier molecular flexibility index (Phi) is 8.24. The fourth-order valence-corrected chi connectivity index (χ4v) is 3.09. The van der Waals surface area contributed by atoms with Crippen LogP contribution in [0.2, 0.25) is 0 Å². The molecule has 1 saturated heterocycles. The van der Waals surface area contributed by atoms with E-state index in [4.69, 9.17) is 26.4 Å². The average Bonchev–Trinajstić information content (AvgIpc) is 2.67. The lowest BCUT2D eigenvalue weighted by molar-refractivity contribution is 0.0367. The van der Waals surface area contributed by atoms with Gasteiger partial charge in [-0.05, 0) is 36.8 Å². The molecule has 0 amide bonds. The first kappa shape index (κ1) is 19.8. The van der Waals surface area contributed by atoms with Gasteiger partial charge >= 0.3 is 0 Å². The molecule has 6 nitrogen and oxygen atoms in total. The Morgan fingerprint density at radius 1 is 1.28 bits per heavy atom. The molecule has 0 radical (unpaired) electrons. The van der Waals surface area contributed by atoms with E-state index in [0.29, 0.717) is 6.54 Å². The van der Waals surface area contributed by atoms with Crippen LogP contribution in [0.3, 0.4) is 0 Å². The number of ether oxygens (including phenoxy) is 3. The molecule has 2 rings (SSSR count). The molecule has 1 aliphatic heterocycles. The highest BCUT2D eigenvalue weighted by molar-refractivity contribution is 7.80. The third-order valence-corrected chi connectivity index (χ3v) is 4.82. The molecule has 25 heavy (non-hydrogen) atoms. The highest BCUT2D eigenvalue weighted by atomic mass is 32.1. The van der Waals surface area contributed by atoms with Gasteiger partial charge < -0.3 is 24.4 Å². The molecule has 1 N–H and O–H groups in total. The van der Waals surface area contributed by atoms with Gasteiger partial charge in [-0.1, -0.05) is 0 Å². The highest BCUT2D eigenvalue weighted by Crippen LogP contribution is 2.25. The van der Waals surface area contributed by atoms with Crippen molar-refractivity contribution in [1.29, 1.82) is 0 Å². The minimum absolute atomic E-state index is 0.684. The van der Waals surface area contributed by atoms with Crippen LogP contribution in [0.15, 0.2) is 18.2 Å². The van der Waals surface area contributed by atoms with E-state index in [1.54, 1.807) is 14.2 Å². The molecule has 7 heteroatoms. The number of morpholine rings is 1. The fraction of sp³-hybridized carbons (Fsp3) is 0.611. The van der Waals surface area contributed by atoms with Gasteiger partial charge in [-0.2, -0.15) is 0 Å². The maximum Gasteiger partial charge on any atom is 0.168 e. The smallest absolute Gasteiger partial charge is 0.168 e. The summed E-state index contributed by atoms with van der Waals surface area (Å²) in [6.45, 7) is 6.32.